The minimum Gasteiger partial charge on any atom is -0.493 e. The van der Waals surface area contributed by atoms with Gasteiger partial charge in [0.1, 0.15) is 0 Å². The second-order valence-corrected chi connectivity index (χ2v) is 9.23. The number of hydrogen-bond acceptors (Lipinski definition) is 6. The van der Waals surface area contributed by atoms with Crippen LogP contribution in [0.4, 0.5) is 0 Å². The standard InChI is InChI=1S/C33H30O6/c1-5-31(34)38-27-17-15-21(19-29(27)36-3)33(22-16-18-28(30(20-22)37-4)39-32(35)6-2)25-13-9-7-11-23(25)24-12-8-10-14-26(24)33/h7-20H,5-6H2,1-4H3. The molecule has 0 fully saturated rings. The normalized spacial score (nSPS) is 12.7. The van der Waals surface area contributed by atoms with Crippen molar-refractivity contribution < 1.29 is 28.5 Å². The summed E-state index contributed by atoms with van der Waals surface area (Å²) in [6.45, 7) is 3.50. The lowest BCUT2D eigenvalue weighted by Crippen LogP contribution is -2.28. The van der Waals surface area contributed by atoms with E-state index in [2.05, 4.69) is 24.3 Å². The molecule has 0 spiro atoms. The maximum Gasteiger partial charge on any atom is 0.311 e. The van der Waals surface area contributed by atoms with Crippen LogP contribution in [0.2, 0.25) is 0 Å². The highest BCUT2D eigenvalue weighted by molar-refractivity contribution is 5.87. The van der Waals surface area contributed by atoms with Crippen LogP contribution in [0.3, 0.4) is 0 Å². The Morgan fingerprint density at radius 2 is 1.00 bits per heavy atom. The quantitative estimate of drug-likeness (QED) is 0.167. The van der Waals surface area contributed by atoms with Crippen molar-refractivity contribution in [2.75, 3.05) is 14.2 Å². The molecular weight excluding hydrogens is 492 g/mol. The molecular formula is C33H30O6. The predicted molar refractivity (Wildman–Crippen MR) is 149 cm³/mol. The van der Waals surface area contributed by atoms with E-state index in [1.165, 1.54) is 0 Å². The van der Waals surface area contributed by atoms with Crippen molar-refractivity contribution >= 4 is 11.9 Å². The van der Waals surface area contributed by atoms with Crippen LogP contribution < -0.4 is 18.9 Å². The summed E-state index contributed by atoms with van der Waals surface area (Å²) in [4.78, 5) is 24.2. The van der Waals surface area contributed by atoms with Crippen molar-refractivity contribution in [3.05, 3.63) is 107 Å². The van der Waals surface area contributed by atoms with Gasteiger partial charge in [-0.15, -0.1) is 0 Å². The number of fused-ring (bicyclic) bond motifs is 3. The maximum absolute atomic E-state index is 12.1. The van der Waals surface area contributed by atoms with Crippen molar-refractivity contribution in [2.45, 2.75) is 32.1 Å². The average molecular weight is 523 g/mol. The molecule has 6 heteroatoms. The summed E-state index contributed by atoms with van der Waals surface area (Å²) < 4.78 is 22.5. The van der Waals surface area contributed by atoms with Crippen LogP contribution in [0.1, 0.15) is 48.9 Å². The van der Waals surface area contributed by atoms with Gasteiger partial charge < -0.3 is 18.9 Å². The highest BCUT2D eigenvalue weighted by Crippen LogP contribution is 2.57. The lowest BCUT2D eigenvalue weighted by Gasteiger charge is -2.34. The van der Waals surface area contributed by atoms with Gasteiger partial charge in [0.15, 0.2) is 23.0 Å². The summed E-state index contributed by atoms with van der Waals surface area (Å²) in [5, 5.41) is 0. The minimum absolute atomic E-state index is 0.254. The Morgan fingerprint density at radius 1 is 0.590 bits per heavy atom. The first-order valence-corrected chi connectivity index (χ1v) is 13.0. The summed E-state index contributed by atoms with van der Waals surface area (Å²) in [6.07, 6.45) is 0.509. The molecule has 1 aliphatic carbocycles. The van der Waals surface area contributed by atoms with Crippen molar-refractivity contribution in [2.24, 2.45) is 0 Å². The molecule has 4 aromatic carbocycles. The van der Waals surface area contributed by atoms with E-state index in [1.807, 2.05) is 48.5 Å². The Kier molecular flexibility index (Phi) is 7.11. The molecule has 0 saturated heterocycles. The van der Waals surface area contributed by atoms with E-state index in [0.717, 1.165) is 33.4 Å². The van der Waals surface area contributed by atoms with Gasteiger partial charge in [0.05, 0.1) is 19.6 Å². The third-order valence-corrected chi connectivity index (χ3v) is 7.17. The van der Waals surface area contributed by atoms with Gasteiger partial charge in [-0.2, -0.15) is 0 Å². The topological polar surface area (TPSA) is 71.1 Å². The maximum atomic E-state index is 12.1. The summed E-state index contributed by atoms with van der Waals surface area (Å²) in [5.74, 6) is 0.958. The first-order valence-electron chi connectivity index (χ1n) is 13.0. The minimum atomic E-state index is -0.756. The fraction of sp³-hybridized carbons (Fsp3) is 0.212. The van der Waals surface area contributed by atoms with Crippen LogP contribution in [0.15, 0.2) is 84.9 Å². The zero-order valence-corrected chi connectivity index (χ0v) is 22.4. The monoisotopic (exact) mass is 522 g/mol. The lowest BCUT2D eigenvalue weighted by molar-refractivity contribution is -0.135. The molecule has 0 atom stereocenters. The van der Waals surface area contributed by atoms with Crippen LogP contribution in [-0.2, 0) is 15.0 Å². The zero-order valence-electron chi connectivity index (χ0n) is 22.4. The van der Waals surface area contributed by atoms with Gasteiger partial charge in [-0.3, -0.25) is 9.59 Å². The molecule has 0 heterocycles. The van der Waals surface area contributed by atoms with Crippen LogP contribution >= 0.6 is 0 Å². The molecule has 0 radical (unpaired) electrons. The molecule has 4 aromatic rings. The SMILES string of the molecule is CCC(=O)Oc1ccc(C2(c3ccc(OC(=O)CC)c(OC)c3)c3ccccc3-c3ccccc32)cc1OC. The van der Waals surface area contributed by atoms with Crippen molar-refractivity contribution in [3.8, 4) is 34.1 Å². The second kappa shape index (κ2) is 10.7. The molecule has 0 aromatic heterocycles. The number of benzene rings is 4. The smallest absolute Gasteiger partial charge is 0.311 e. The van der Waals surface area contributed by atoms with E-state index < -0.39 is 5.41 Å². The molecule has 198 valence electrons. The fourth-order valence-corrected chi connectivity index (χ4v) is 5.38. The zero-order chi connectivity index (χ0) is 27.6. The van der Waals surface area contributed by atoms with Gasteiger partial charge in [-0.25, -0.2) is 0 Å². The van der Waals surface area contributed by atoms with Crippen molar-refractivity contribution in [3.63, 3.8) is 0 Å². The van der Waals surface area contributed by atoms with Gasteiger partial charge >= 0.3 is 11.9 Å². The summed E-state index contributed by atoms with van der Waals surface area (Å²) >= 11 is 0. The highest BCUT2D eigenvalue weighted by Gasteiger charge is 2.46. The number of methoxy groups -OCH3 is 2. The van der Waals surface area contributed by atoms with Gasteiger partial charge in [-0.05, 0) is 57.6 Å². The number of carbonyl (C=O) groups excluding carboxylic acids is 2. The van der Waals surface area contributed by atoms with Crippen LogP contribution in [-0.4, -0.2) is 26.2 Å². The summed E-state index contributed by atoms with van der Waals surface area (Å²) in [7, 11) is 3.12. The lowest BCUT2D eigenvalue weighted by atomic mass is 9.67. The van der Waals surface area contributed by atoms with E-state index in [9.17, 15) is 9.59 Å². The first kappa shape index (κ1) is 26.0. The molecule has 6 nitrogen and oxygen atoms in total. The number of hydrogen-bond donors (Lipinski definition) is 0. The van der Waals surface area contributed by atoms with Crippen LogP contribution in [0, 0.1) is 0 Å². The van der Waals surface area contributed by atoms with Crippen LogP contribution in [0.5, 0.6) is 23.0 Å². The Bertz CT molecular complexity index is 1440. The molecule has 0 N–H and O–H groups in total. The molecule has 5 rings (SSSR count). The van der Waals surface area contributed by atoms with E-state index in [0.29, 0.717) is 23.0 Å². The molecule has 1 aliphatic rings. The number of carbonyl (C=O) groups is 2. The number of rotatable bonds is 8. The second-order valence-electron chi connectivity index (χ2n) is 9.23. The number of esters is 2. The van der Waals surface area contributed by atoms with E-state index in [4.69, 9.17) is 18.9 Å². The molecule has 0 aliphatic heterocycles. The summed E-state index contributed by atoms with van der Waals surface area (Å²) in [6, 6.07) is 28.0. The van der Waals surface area contributed by atoms with Crippen LogP contribution in [0.25, 0.3) is 11.1 Å². The van der Waals surface area contributed by atoms with E-state index in [1.54, 1.807) is 40.2 Å². The molecule has 0 unspecified atom stereocenters. The summed E-state index contributed by atoms with van der Waals surface area (Å²) in [5.41, 5.74) is 5.51. The Hall–Kier alpha value is -4.58. The van der Waals surface area contributed by atoms with Gasteiger partial charge in [-0.1, -0.05) is 74.5 Å². The Balaban J connectivity index is 1.81. The Labute approximate surface area is 228 Å². The molecule has 0 saturated carbocycles. The first-order chi connectivity index (χ1) is 19.0. The third kappa shape index (κ3) is 4.32. The Morgan fingerprint density at radius 3 is 1.38 bits per heavy atom. The van der Waals surface area contributed by atoms with E-state index in [-0.39, 0.29) is 24.8 Å². The highest BCUT2D eigenvalue weighted by atomic mass is 16.6. The van der Waals surface area contributed by atoms with Crippen molar-refractivity contribution in [1.82, 2.24) is 0 Å². The fourth-order valence-electron chi connectivity index (χ4n) is 5.38. The molecule has 39 heavy (non-hydrogen) atoms. The number of ether oxygens (including phenoxy) is 4. The van der Waals surface area contributed by atoms with Gasteiger partial charge in [0.25, 0.3) is 0 Å². The van der Waals surface area contributed by atoms with Crippen molar-refractivity contribution in [1.29, 1.82) is 0 Å². The average Bonchev–Trinajstić information content (AvgIpc) is 3.28. The van der Waals surface area contributed by atoms with Gasteiger partial charge in [0, 0.05) is 12.8 Å². The van der Waals surface area contributed by atoms with E-state index >= 15 is 0 Å². The third-order valence-electron chi connectivity index (χ3n) is 7.17. The predicted octanol–water partition coefficient (Wildman–Crippen LogP) is 6.70. The van der Waals surface area contributed by atoms with Gasteiger partial charge in [0.2, 0.25) is 0 Å². The largest absolute Gasteiger partial charge is 0.493 e. The molecule has 0 bridgehead atoms. The molecule has 0 amide bonds.